The minimum absolute atomic E-state index is 0.0344. The number of hydrogen-bond donors (Lipinski definition) is 2. The van der Waals surface area contributed by atoms with Gasteiger partial charge < -0.3 is 43.8 Å². The van der Waals surface area contributed by atoms with E-state index in [1.54, 1.807) is 7.05 Å². The van der Waals surface area contributed by atoms with Gasteiger partial charge in [0.2, 0.25) is 11.8 Å². The number of unbranched alkanes of at least 4 members (excludes halogenated alkanes) is 2. The molecular formula is C24H48N2O9. The molecule has 0 aromatic carbocycles. The zero-order valence-corrected chi connectivity index (χ0v) is 21.8. The number of carbonyl (C=O) groups is 2. The van der Waals surface area contributed by atoms with E-state index in [0.717, 1.165) is 25.8 Å². The van der Waals surface area contributed by atoms with Crippen molar-refractivity contribution < 1.29 is 42.7 Å². The van der Waals surface area contributed by atoms with Gasteiger partial charge in [-0.15, -0.1) is 0 Å². The summed E-state index contributed by atoms with van der Waals surface area (Å²) in [6, 6.07) is 0. The minimum atomic E-state index is -0.0351. The Labute approximate surface area is 210 Å². The zero-order chi connectivity index (χ0) is 25.7. The van der Waals surface area contributed by atoms with Gasteiger partial charge in [-0.2, -0.15) is 0 Å². The van der Waals surface area contributed by atoms with Crippen LogP contribution in [0.1, 0.15) is 39.0 Å². The maximum Gasteiger partial charge on any atom is 0.222 e. The molecule has 0 unspecified atom stereocenters. The van der Waals surface area contributed by atoms with Crippen molar-refractivity contribution in [2.24, 2.45) is 0 Å². The summed E-state index contributed by atoms with van der Waals surface area (Å²) in [6.07, 6.45) is 4.05. The number of hydrogen-bond acceptors (Lipinski definition) is 9. The molecule has 208 valence electrons. The van der Waals surface area contributed by atoms with E-state index in [9.17, 15) is 9.59 Å². The van der Waals surface area contributed by atoms with Crippen molar-refractivity contribution >= 4 is 11.8 Å². The summed E-state index contributed by atoms with van der Waals surface area (Å²) in [5.74, 6) is -0.000729. The molecule has 0 bridgehead atoms. The highest BCUT2D eigenvalue weighted by Crippen LogP contribution is 1.92. The van der Waals surface area contributed by atoms with Crippen LogP contribution in [0.25, 0.3) is 0 Å². The first-order valence-corrected chi connectivity index (χ1v) is 12.7. The van der Waals surface area contributed by atoms with Gasteiger partial charge in [-0.1, -0.05) is 19.8 Å². The Hall–Kier alpha value is -1.34. The molecule has 0 aliphatic rings. The van der Waals surface area contributed by atoms with Crippen molar-refractivity contribution in [3.05, 3.63) is 0 Å². The summed E-state index contributed by atoms with van der Waals surface area (Å²) in [5, 5.41) is 5.42. The molecule has 0 saturated heterocycles. The normalized spacial score (nSPS) is 11.0. The average Bonchev–Trinajstić information content (AvgIpc) is 2.86. The lowest BCUT2D eigenvalue weighted by Crippen LogP contribution is -2.25. The topological polar surface area (TPSA) is 123 Å². The molecule has 0 heterocycles. The first-order valence-electron chi connectivity index (χ1n) is 12.7. The molecule has 0 spiro atoms. The fourth-order valence-electron chi connectivity index (χ4n) is 2.57. The van der Waals surface area contributed by atoms with E-state index in [2.05, 4.69) is 17.6 Å². The van der Waals surface area contributed by atoms with Gasteiger partial charge in [0.1, 0.15) is 0 Å². The highest BCUT2D eigenvalue weighted by molar-refractivity contribution is 5.76. The van der Waals surface area contributed by atoms with Crippen molar-refractivity contribution in [2.75, 3.05) is 106 Å². The van der Waals surface area contributed by atoms with Gasteiger partial charge in [0, 0.05) is 26.4 Å². The average molecular weight is 509 g/mol. The van der Waals surface area contributed by atoms with Crippen LogP contribution < -0.4 is 10.6 Å². The first-order chi connectivity index (χ1) is 17.2. The Morgan fingerprint density at radius 2 is 0.857 bits per heavy atom. The SMILES string of the molecule is CCCCCNC(=O)CCOCCOCCOCCOCCOCCOCCOCCC(=O)NC. The predicted molar refractivity (Wildman–Crippen MR) is 132 cm³/mol. The van der Waals surface area contributed by atoms with E-state index in [0.29, 0.717) is 105 Å². The van der Waals surface area contributed by atoms with E-state index in [4.69, 9.17) is 33.2 Å². The third kappa shape index (κ3) is 28.8. The molecule has 2 amide bonds. The first kappa shape index (κ1) is 33.7. The van der Waals surface area contributed by atoms with E-state index in [-0.39, 0.29) is 11.8 Å². The smallest absolute Gasteiger partial charge is 0.222 e. The van der Waals surface area contributed by atoms with E-state index >= 15 is 0 Å². The summed E-state index contributed by atoms with van der Waals surface area (Å²) in [7, 11) is 1.60. The largest absolute Gasteiger partial charge is 0.379 e. The summed E-state index contributed by atoms with van der Waals surface area (Å²) < 4.78 is 37.7. The molecule has 0 fully saturated rings. The van der Waals surface area contributed by atoms with Crippen molar-refractivity contribution in [2.45, 2.75) is 39.0 Å². The predicted octanol–water partition coefficient (Wildman–Crippen LogP) is 0.935. The Balaban J connectivity index is 3.10. The van der Waals surface area contributed by atoms with Gasteiger partial charge >= 0.3 is 0 Å². The molecule has 35 heavy (non-hydrogen) atoms. The lowest BCUT2D eigenvalue weighted by atomic mass is 10.2. The monoisotopic (exact) mass is 508 g/mol. The maximum atomic E-state index is 11.6. The van der Waals surface area contributed by atoms with Crippen LogP contribution in [0.2, 0.25) is 0 Å². The van der Waals surface area contributed by atoms with Gasteiger partial charge in [-0.3, -0.25) is 9.59 Å². The van der Waals surface area contributed by atoms with E-state index in [1.807, 2.05) is 0 Å². The Bertz CT molecular complexity index is 470. The molecule has 11 nitrogen and oxygen atoms in total. The minimum Gasteiger partial charge on any atom is -0.379 e. The van der Waals surface area contributed by atoms with Crippen LogP contribution in [0.4, 0.5) is 0 Å². The highest BCUT2D eigenvalue weighted by Gasteiger charge is 2.00. The van der Waals surface area contributed by atoms with Crippen LogP contribution in [-0.4, -0.2) is 118 Å². The second-order valence-corrected chi connectivity index (χ2v) is 7.52. The lowest BCUT2D eigenvalue weighted by molar-refractivity contribution is -0.123. The number of nitrogens with one attached hydrogen (secondary N) is 2. The number of carbonyl (C=O) groups excluding carboxylic acids is 2. The number of ether oxygens (including phenoxy) is 7. The molecule has 0 atom stereocenters. The Morgan fingerprint density at radius 1 is 0.514 bits per heavy atom. The summed E-state index contributed by atoms with van der Waals surface area (Å²) in [6.45, 7) is 9.49. The molecule has 0 aromatic rings. The lowest BCUT2D eigenvalue weighted by Gasteiger charge is -2.08. The van der Waals surface area contributed by atoms with E-state index in [1.165, 1.54) is 0 Å². The third-order valence-corrected chi connectivity index (χ3v) is 4.56. The van der Waals surface area contributed by atoms with Crippen LogP contribution in [-0.2, 0) is 42.7 Å². The highest BCUT2D eigenvalue weighted by atomic mass is 16.6. The Morgan fingerprint density at radius 3 is 1.20 bits per heavy atom. The van der Waals surface area contributed by atoms with Crippen molar-refractivity contribution in [3.63, 3.8) is 0 Å². The quantitative estimate of drug-likeness (QED) is 0.149. The van der Waals surface area contributed by atoms with Gasteiger partial charge in [0.25, 0.3) is 0 Å². The second-order valence-electron chi connectivity index (χ2n) is 7.52. The number of amides is 2. The molecule has 0 rings (SSSR count). The van der Waals surface area contributed by atoms with Crippen LogP contribution in [0.3, 0.4) is 0 Å². The van der Waals surface area contributed by atoms with Gasteiger partial charge in [0.05, 0.1) is 92.5 Å². The zero-order valence-electron chi connectivity index (χ0n) is 21.8. The van der Waals surface area contributed by atoms with Gasteiger partial charge in [0.15, 0.2) is 0 Å². The second kappa shape index (κ2) is 28.9. The molecule has 2 N–H and O–H groups in total. The van der Waals surface area contributed by atoms with Crippen LogP contribution in [0.15, 0.2) is 0 Å². The third-order valence-electron chi connectivity index (χ3n) is 4.56. The Kier molecular flexibility index (Phi) is 27.8. The summed E-state index contributed by atoms with van der Waals surface area (Å²) >= 11 is 0. The van der Waals surface area contributed by atoms with Gasteiger partial charge in [-0.05, 0) is 6.42 Å². The van der Waals surface area contributed by atoms with Crippen LogP contribution >= 0.6 is 0 Å². The van der Waals surface area contributed by atoms with Crippen molar-refractivity contribution in [1.29, 1.82) is 0 Å². The van der Waals surface area contributed by atoms with Crippen molar-refractivity contribution in [3.8, 4) is 0 Å². The standard InChI is InChI=1S/C24H48N2O9/c1-3-4-5-8-26-24(28)7-10-30-12-14-32-16-18-34-20-22-35-21-19-33-17-15-31-13-11-29-9-6-23(27)25-2/h3-22H2,1-2H3,(H,25,27)(H,26,28). The van der Waals surface area contributed by atoms with Crippen molar-refractivity contribution in [1.82, 2.24) is 10.6 Å². The molecule has 11 heteroatoms. The molecule has 0 radical (unpaired) electrons. The van der Waals surface area contributed by atoms with Crippen LogP contribution in [0, 0.1) is 0 Å². The number of rotatable bonds is 28. The summed E-state index contributed by atoms with van der Waals surface area (Å²) in [5.41, 5.74) is 0. The fraction of sp³-hybridized carbons (Fsp3) is 0.917. The summed E-state index contributed by atoms with van der Waals surface area (Å²) in [4.78, 5) is 22.6. The van der Waals surface area contributed by atoms with E-state index < -0.39 is 0 Å². The van der Waals surface area contributed by atoms with Crippen LogP contribution in [0.5, 0.6) is 0 Å². The molecule has 0 aliphatic heterocycles. The molecule has 0 saturated carbocycles. The maximum absolute atomic E-state index is 11.6. The fourth-order valence-corrected chi connectivity index (χ4v) is 2.57. The molecule has 0 aliphatic carbocycles. The molecule has 0 aromatic heterocycles. The van der Waals surface area contributed by atoms with Gasteiger partial charge in [-0.25, -0.2) is 0 Å². The molecular weight excluding hydrogens is 460 g/mol.